The zero-order chi connectivity index (χ0) is 21.3. The Morgan fingerprint density at radius 2 is 1.67 bits per heavy atom. The van der Waals surface area contributed by atoms with Gasteiger partial charge in [-0.05, 0) is 31.0 Å². The van der Waals surface area contributed by atoms with Crippen LogP contribution in [0, 0.1) is 5.92 Å². The lowest BCUT2D eigenvalue weighted by Crippen LogP contribution is -2.22. The van der Waals surface area contributed by atoms with Gasteiger partial charge in [-0.25, -0.2) is 4.79 Å². The summed E-state index contributed by atoms with van der Waals surface area (Å²) in [5.41, 5.74) is -0.250. The molecule has 0 N–H and O–H groups in total. The van der Waals surface area contributed by atoms with Gasteiger partial charge in [-0.1, -0.05) is 19.3 Å². The second-order valence-electron chi connectivity index (χ2n) is 7.37. The maximum atomic E-state index is 12.7. The van der Waals surface area contributed by atoms with Gasteiger partial charge in [-0.3, -0.25) is 4.79 Å². The third-order valence-electron chi connectivity index (χ3n) is 5.63. The van der Waals surface area contributed by atoms with Crippen LogP contribution in [0.2, 0.25) is 0 Å². The normalized spacial score (nSPS) is 14.6. The highest BCUT2D eigenvalue weighted by Crippen LogP contribution is 2.45. The van der Waals surface area contributed by atoms with Gasteiger partial charge in [0.15, 0.2) is 11.5 Å². The second-order valence-corrected chi connectivity index (χ2v) is 7.37. The summed E-state index contributed by atoms with van der Waals surface area (Å²) >= 11 is 0. The Bertz CT molecular complexity index is 1160. The molecule has 3 aromatic rings. The van der Waals surface area contributed by atoms with Gasteiger partial charge in [0.25, 0.3) is 0 Å². The first-order chi connectivity index (χ1) is 14.6. The summed E-state index contributed by atoms with van der Waals surface area (Å²) in [5, 5.41) is 1.50. The molecule has 1 aliphatic carbocycles. The van der Waals surface area contributed by atoms with Crippen molar-refractivity contribution < 1.29 is 28.2 Å². The molecule has 4 rings (SSSR count). The fourth-order valence-corrected chi connectivity index (χ4v) is 4.13. The smallest absolute Gasteiger partial charge is 0.344 e. The van der Waals surface area contributed by atoms with Crippen LogP contribution in [-0.4, -0.2) is 27.3 Å². The summed E-state index contributed by atoms with van der Waals surface area (Å²) < 4.78 is 27.4. The Labute approximate surface area is 173 Å². The maximum absolute atomic E-state index is 12.7. The molecule has 0 atom stereocenters. The van der Waals surface area contributed by atoms with Gasteiger partial charge < -0.3 is 23.4 Å². The van der Waals surface area contributed by atoms with E-state index >= 15 is 0 Å². The number of esters is 1. The summed E-state index contributed by atoms with van der Waals surface area (Å²) in [7, 11) is 4.48. The summed E-state index contributed by atoms with van der Waals surface area (Å²) in [6.45, 7) is 0. The van der Waals surface area contributed by atoms with Crippen molar-refractivity contribution in [1.82, 2.24) is 0 Å². The highest BCUT2D eigenvalue weighted by atomic mass is 16.5. The van der Waals surface area contributed by atoms with E-state index in [0.29, 0.717) is 44.7 Å². The molecule has 1 heterocycles. The van der Waals surface area contributed by atoms with E-state index in [0.717, 1.165) is 32.1 Å². The van der Waals surface area contributed by atoms with Crippen molar-refractivity contribution in [1.29, 1.82) is 0 Å². The zero-order valence-corrected chi connectivity index (χ0v) is 17.3. The molecule has 7 heteroatoms. The highest BCUT2D eigenvalue weighted by Gasteiger charge is 2.24. The fourth-order valence-electron chi connectivity index (χ4n) is 4.13. The highest BCUT2D eigenvalue weighted by molar-refractivity contribution is 6.10. The van der Waals surface area contributed by atoms with E-state index in [-0.39, 0.29) is 11.9 Å². The molecule has 0 amide bonds. The lowest BCUT2D eigenvalue weighted by molar-refractivity contribution is -0.139. The number of ether oxygens (including phenoxy) is 4. The molecule has 2 aromatic carbocycles. The molecule has 0 bridgehead atoms. The van der Waals surface area contributed by atoms with Gasteiger partial charge in [0.2, 0.25) is 5.75 Å². The Kier molecular flexibility index (Phi) is 5.53. The van der Waals surface area contributed by atoms with Crippen LogP contribution in [-0.2, 0) is 4.79 Å². The average molecular weight is 412 g/mol. The van der Waals surface area contributed by atoms with Crippen LogP contribution in [0.5, 0.6) is 23.0 Å². The molecule has 0 aliphatic heterocycles. The van der Waals surface area contributed by atoms with Gasteiger partial charge in [0, 0.05) is 16.8 Å². The average Bonchev–Trinajstić information content (AvgIpc) is 2.78. The first-order valence-electron chi connectivity index (χ1n) is 9.98. The van der Waals surface area contributed by atoms with Crippen LogP contribution in [0.15, 0.2) is 33.5 Å². The van der Waals surface area contributed by atoms with E-state index < -0.39 is 5.63 Å². The van der Waals surface area contributed by atoms with Crippen molar-refractivity contribution in [3.05, 3.63) is 34.7 Å². The lowest BCUT2D eigenvalue weighted by atomic mass is 9.89. The number of carbonyl (C=O) groups is 1. The number of rotatable bonds is 5. The van der Waals surface area contributed by atoms with Crippen molar-refractivity contribution in [2.75, 3.05) is 21.3 Å². The fraction of sp³-hybridized carbons (Fsp3) is 0.391. The van der Waals surface area contributed by atoms with Crippen LogP contribution in [0.25, 0.3) is 21.7 Å². The monoisotopic (exact) mass is 412 g/mol. The molecule has 1 aliphatic rings. The molecule has 0 spiro atoms. The largest absolute Gasteiger partial charge is 0.493 e. The molecule has 0 unspecified atom stereocenters. The Hall–Kier alpha value is -3.22. The predicted octanol–water partition coefficient (Wildman–Crippen LogP) is 4.46. The predicted molar refractivity (Wildman–Crippen MR) is 112 cm³/mol. The van der Waals surface area contributed by atoms with E-state index in [4.69, 9.17) is 23.4 Å². The number of benzene rings is 2. The molecule has 158 valence electrons. The Morgan fingerprint density at radius 3 is 2.33 bits per heavy atom. The quantitative estimate of drug-likeness (QED) is 0.265. The molecule has 7 nitrogen and oxygen atoms in total. The molecule has 1 fully saturated rings. The number of hydrogen-bond donors (Lipinski definition) is 0. The third kappa shape index (κ3) is 3.44. The summed E-state index contributed by atoms with van der Waals surface area (Å²) in [6.07, 6.45) is 4.96. The number of carbonyl (C=O) groups excluding carboxylic acids is 1. The summed E-state index contributed by atoms with van der Waals surface area (Å²) in [5.74, 6) is 1.16. The first-order valence-corrected chi connectivity index (χ1v) is 9.98. The van der Waals surface area contributed by atoms with Crippen LogP contribution < -0.4 is 24.6 Å². The van der Waals surface area contributed by atoms with Gasteiger partial charge in [-0.15, -0.1) is 0 Å². The van der Waals surface area contributed by atoms with Gasteiger partial charge in [0.1, 0.15) is 11.3 Å². The van der Waals surface area contributed by atoms with E-state index in [9.17, 15) is 9.59 Å². The standard InChI is InChI=1S/C23H24O7/c1-26-18-12-16-19(21(28-3)20(18)27-2)15-10-9-14(11-17(15)30-23(16)25)29-22(24)13-7-5-4-6-8-13/h9-13H,4-8H2,1-3H3. The molecular formula is C23H24O7. The van der Waals surface area contributed by atoms with Crippen LogP contribution in [0.1, 0.15) is 32.1 Å². The van der Waals surface area contributed by atoms with Crippen molar-refractivity contribution >= 4 is 27.7 Å². The van der Waals surface area contributed by atoms with Crippen molar-refractivity contribution in [3.8, 4) is 23.0 Å². The van der Waals surface area contributed by atoms with Gasteiger partial charge in [0.05, 0.1) is 32.6 Å². The first kappa shape index (κ1) is 20.1. The van der Waals surface area contributed by atoms with Crippen LogP contribution in [0.3, 0.4) is 0 Å². The third-order valence-corrected chi connectivity index (χ3v) is 5.63. The van der Waals surface area contributed by atoms with E-state index in [1.807, 2.05) is 0 Å². The summed E-state index contributed by atoms with van der Waals surface area (Å²) in [4.78, 5) is 25.2. The second kappa shape index (κ2) is 8.26. The van der Waals surface area contributed by atoms with Crippen molar-refractivity contribution in [2.45, 2.75) is 32.1 Å². The van der Waals surface area contributed by atoms with E-state index in [1.54, 1.807) is 24.3 Å². The molecule has 0 radical (unpaired) electrons. The number of fused-ring (bicyclic) bond motifs is 3. The Balaban J connectivity index is 1.82. The Morgan fingerprint density at radius 1 is 0.933 bits per heavy atom. The molecular weight excluding hydrogens is 388 g/mol. The molecule has 30 heavy (non-hydrogen) atoms. The minimum Gasteiger partial charge on any atom is -0.493 e. The van der Waals surface area contributed by atoms with Gasteiger partial charge in [-0.2, -0.15) is 0 Å². The summed E-state index contributed by atoms with van der Waals surface area (Å²) in [6, 6.07) is 6.57. The lowest BCUT2D eigenvalue weighted by Gasteiger charge is -2.19. The molecule has 0 saturated heterocycles. The number of methoxy groups -OCH3 is 3. The minimum atomic E-state index is -0.549. The number of hydrogen-bond acceptors (Lipinski definition) is 7. The van der Waals surface area contributed by atoms with Crippen molar-refractivity contribution in [2.24, 2.45) is 5.92 Å². The minimum absolute atomic E-state index is 0.0742. The van der Waals surface area contributed by atoms with Crippen LogP contribution in [0.4, 0.5) is 0 Å². The van der Waals surface area contributed by atoms with Gasteiger partial charge >= 0.3 is 11.6 Å². The SMILES string of the molecule is COc1cc2c(=O)oc3cc(OC(=O)C4CCCCC4)ccc3c2c(OC)c1OC. The van der Waals surface area contributed by atoms with Crippen molar-refractivity contribution in [3.63, 3.8) is 0 Å². The van der Waals surface area contributed by atoms with E-state index in [1.165, 1.54) is 21.3 Å². The topological polar surface area (TPSA) is 84.2 Å². The maximum Gasteiger partial charge on any atom is 0.344 e. The van der Waals surface area contributed by atoms with Crippen LogP contribution >= 0.6 is 0 Å². The molecule has 1 aromatic heterocycles. The zero-order valence-electron chi connectivity index (χ0n) is 17.3. The van der Waals surface area contributed by atoms with E-state index in [2.05, 4.69) is 0 Å². The molecule has 1 saturated carbocycles.